The van der Waals surface area contributed by atoms with Gasteiger partial charge in [0.15, 0.2) is 0 Å². The summed E-state index contributed by atoms with van der Waals surface area (Å²) in [5, 5.41) is 0. The molecule has 0 saturated heterocycles. The minimum atomic E-state index is -4.75. The first kappa shape index (κ1) is 18.7. The Morgan fingerprint density at radius 1 is 0.852 bits per heavy atom. The zero-order chi connectivity index (χ0) is 18.8. The van der Waals surface area contributed by atoms with Crippen molar-refractivity contribution in [3.63, 3.8) is 0 Å². The average Bonchev–Trinajstić information content (AvgIpc) is 3.26. The van der Waals surface area contributed by atoms with Gasteiger partial charge < -0.3 is 0 Å². The predicted molar refractivity (Wildman–Crippen MR) is 122 cm³/mol. The molecule has 0 atom stereocenters. The molecule has 27 heavy (non-hydrogen) atoms. The zero-order valence-corrected chi connectivity index (χ0v) is 20.8. The summed E-state index contributed by atoms with van der Waals surface area (Å²) < 4.78 is 3.16. The van der Waals surface area contributed by atoms with Gasteiger partial charge in [-0.3, -0.25) is 0 Å². The van der Waals surface area contributed by atoms with Gasteiger partial charge in [-0.15, -0.1) is 0 Å². The van der Waals surface area contributed by atoms with Crippen LogP contribution in [0.4, 0.5) is 0 Å². The first-order valence-corrected chi connectivity index (χ1v) is 22.2. The monoisotopic (exact) mass is 551 g/mol. The van der Waals surface area contributed by atoms with Crippen molar-refractivity contribution in [2.45, 2.75) is 12.8 Å². The van der Waals surface area contributed by atoms with Crippen molar-refractivity contribution in [2.75, 3.05) is 0 Å². The SMILES string of the molecule is [SH][Zr]([Cl])([Cl])([c]1ccc(Br)c2c1C=CC2)[c]1cccc2c1Cc1ccccc1-2. The molecule has 0 saturated carbocycles. The molecule has 0 heterocycles. The van der Waals surface area contributed by atoms with Crippen molar-refractivity contribution in [1.29, 1.82) is 0 Å². The van der Waals surface area contributed by atoms with Crippen molar-refractivity contribution >= 4 is 55.0 Å². The number of halogens is 3. The van der Waals surface area contributed by atoms with Crippen LogP contribution in [-0.2, 0) is 27.8 Å². The van der Waals surface area contributed by atoms with E-state index in [1.165, 1.54) is 27.8 Å². The topological polar surface area (TPSA) is 0 Å². The molecular formula is C22H16BrCl2SZr. The molecule has 0 amide bonds. The van der Waals surface area contributed by atoms with Gasteiger partial charge in [-0.25, -0.2) is 0 Å². The molecular weight excluding hydrogens is 538 g/mol. The Labute approximate surface area is 179 Å². The fourth-order valence-electron chi connectivity index (χ4n) is 4.40. The summed E-state index contributed by atoms with van der Waals surface area (Å²) in [6.07, 6.45) is 6.06. The normalized spacial score (nSPS) is 15.8. The van der Waals surface area contributed by atoms with E-state index in [-0.39, 0.29) is 0 Å². The number of allylic oxidation sites excluding steroid dienone is 1. The van der Waals surface area contributed by atoms with Gasteiger partial charge in [0.25, 0.3) is 0 Å². The number of hydrogen-bond donors (Lipinski definition) is 1. The molecule has 0 nitrogen and oxygen atoms in total. The summed E-state index contributed by atoms with van der Waals surface area (Å²) in [7, 11) is 19.9. The molecule has 0 fully saturated rings. The molecule has 0 N–H and O–H groups in total. The molecule has 0 radical (unpaired) electrons. The van der Waals surface area contributed by atoms with Gasteiger partial charge in [0.1, 0.15) is 0 Å². The fraction of sp³-hybridized carbons (Fsp3) is 0.0909. The van der Waals surface area contributed by atoms with E-state index in [9.17, 15) is 0 Å². The minimum absolute atomic E-state index is 0.861. The van der Waals surface area contributed by atoms with Crippen molar-refractivity contribution in [3.8, 4) is 11.1 Å². The molecule has 2 aliphatic carbocycles. The molecule has 0 bridgehead atoms. The number of benzene rings is 3. The number of hydrogen-bond acceptors (Lipinski definition) is 1. The summed E-state index contributed by atoms with van der Waals surface area (Å²) >= 11 is -1.09. The summed E-state index contributed by atoms with van der Waals surface area (Å²) in [6, 6.07) is 19.0. The second kappa shape index (κ2) is 6.34. The summed E-state index contributed by atoms with van der Waals surface area (Å²) in [6.45, 7) is 0. The summed E-state index contributed by atoms with van der Waals surface area (Å²) in [4.78, 5) is 0. The fourth-order valence-corrected chi connectivity index (χ4v) is 17.4. The van der Waals surface area contributed by atoms with E-state index in [1.807, 2.05) is 0 Å². The Kier molecular flexibility index (Phi) is 4.40. The third-order valence-corrected chi connectivity index (χ3v) is 20.8. The number of rotatable bonds is 2. The van der Waals surface area contributed by atoms with Gasteiger partial charge in [-0.2, -0.15) is 0 Å². The molecule has 0 spiro atoms. The van der Waals surface area contributed by atoms with Crippen molar-refractivity contribution in [1.82, 2.24) is 0 Å². The van der Waals surface area contributed by atoms with Crippen LogP contribution in [0.1, 0.15) is 22.3 Å². The van der Waals surface area contributed by atoms with E-state index < -0.39 is 14.9 Å². The van der Waals surface area contributed by atoms with Gasteiger partial charge in [0.05, 0.1) is 0 Å². The summed E-state index contributed by atoms with van der Waals surface area (Å²) in [5.41, 5.74) is 7.48. The van der Waals surface area contributed by atoms with Crippen molar-refractivity contribution in [2.24, 2.45) is 0 Å². The third-order valence-electron chi connectivity index (χ3n) is 5.67. The maximum absolute atomic E-state index is 7.40. The molecule has 5 heteroatoms. The Bertz CT molecular complexity index is 1140. The van der Waals surface area contributed by atoms with E-state index in [2.05, 4.69) is 82.7 Å². The van der Waals surface area contributed by atoms with Gasteiger partial charge in [-0.1, -0.05) is 0 Å². The molecule has 2 aliphatic rings. The molecule has 3 aromatic carbocycles. The van der Waals surface area contributed by atoms with Gasteiger partial charge in [-0.05, 0) is 0 Å². The first-order chi connectivity index (χ1) is 12.9. The summed E-state index contributed by atoms with van der Waals surface area (Å²) in [5.74, 6) is 0. The van der Waals surface area contributed by atoms with Crippen molar-refractivity contribution < 1.29 is 14.9 Å². The van der Waals surface area contributed by atoms with E-state index in [1.54, 1.807) is 0 Å². The van der Waals surface area contributed by atoms with Gasteiger partial charge >= 0.3 is 181 Å². The van der Waals surface area contributed by atoms with Crippen molar-refractivity contribution in [3.05, 3.63) is 87.4 Å². The van der Waals surface area contributed by atoms with Gasteiger partial charge in [0.2, 0.25) is 0 Å². The number of thiol groups is 1. The van der Waals surface area contributed by atoms with Crippen LogP contribution in [0, 0.1) is 0 Å². The molecule has 0 aromatic heterocycles. The number of fused-ring (bicyclic) bond motifs is 4. The Morgan fingerprint density at radius 3 is 2.48 bits per heavy atom. The zero-order valence-electron chi connectivity index (χ0n) is 14.3. The third kappa shape index (κ3) is 2.81. The second-order valence-corrected chi connectivity index (χ2v) is 34.0. The standard InChI is InChI=1S/C13H9.C9H6Br.2ClH.H2S.Zr/c1-3-7-12-10(5-1)9-11-6-2-4-8-13(11)12;10-9-6-2-4-7-3-1-5-8(7)9;;;;/h1-5,7-8H,9H2;1-3,6H,5H2;2*1H;1H2;/q;;;;;+3/p-3. The Balaban J connectivity index is 1.77. The van der Waals surface area contributed by atoms with Crippen LogP contribution in [0.2, 0.25) is 0 Å². The molecule has 0 unspecified atom stereocenters. The van der Waals surface area contributed by atoms with Crippen LogP contribution in [0.5, 0.6) is 0 Å². The molecule has 3 aromatic rings. The van der Waals surface area contributed by atoms with Crippen LogP contribution in [0.25, 0.3) is 17.2 Å². The predicted octanol–water partition coefficient (Wildman–Crippen LogP) is 6.38. The van der Waals surface area contributed by atoms with E-state index in [0.29, 0.717) is 0 Å². The molecule has 135 valence electrons. The second-order valence-electron chi connectivity index (χ2n) is 7.23. The van der Waals surface area contributed by atoms with Crippen LogP contribution in [-0.4, -0.2) is 0 Å². The quantitative estimate of drug-likeness (QED) is 0.273. The Hall–Kier alpha value is -0.307. The maximum atomic E-state index is 7.40. The average molecular weight is 554 g/mol. The van der Waals surface area contributed by atoms with Crippen LogP contribution >= 0.6 is 42.3 Å². The molecule has 5 rings (SSSR count). The first-order valence-electron chi connectivity index (χ1n) is 8.86. The Morgan fingerprint density at radius 2 is 1.63 bits per heavy atom. The van der Waals surface area contributed by atoms with E-state index in [4.69, 9.17) is 26.4 Å². The van der Waals surface area contributed by atoms with Crippen LogP contribution in [0.3, 0.4) is 0 Å². The van der Waals surface area contributed by atoms with Crippen LogP contribution < -0.4 is 6.54 Å². The van der Waals surface area contributed by atoms with E-state index >= 15 is 0 Å². The molecule has 0 aliphatic heterocycles. The van der Waals surface area contributed by atoms with Gasteiger partial charge in [0, 0.05) is 0 Å². The van der Waals surface area contributed by atoms with Crippen LogP contribution in [0.15, 0.2) is 65.1 Å². The van der Waals surface area contributed by atoms with E-state index in [0.717, 1.165) is 29.4 Å².